The van der Waals surface area contributed by atoms with Crippen molar-refractivity contribution in [1.82, 2.24) is 4.72 Å². The van der Waals surface area contributed by atoms with Crippen LogP contribution in [-0.2, 0) is 10.0 Å². The summed E-state index contributed by atoms with van der Waals surface area (Å²) in [5, 5.41) is 3.69. The molecular formula is C22H18N2O4S. The van der Waals surface area contributed by atoms with Crippen LogP contribution < -0.4 is 10.0 Å². The second-order valence-electron chi connectivity index (χ2n) is 6.41. The number of rotatable bonds is 5. The highest BCUT2D eigenvalue weighted by Gasteiger charge is 2.24. The molecule has 0 atom stereocenters. The van der Waals surface area contributed by atoms with E-state index in [9.17, 15) is 13.2 Å². The van der Waals surface area contributed by atoms with Crippen molar-refractivity contribution in [1.29, 1.82) is 0 Å². The second-order valence-corrected chi connectivity index (χ2v) is 8.06. The Balaban J connectivity index is 1.67. The maximum Gasteiger partial charge on any atom is 0.300 e. The summed E-state index contributed by atoms with van der Waals surface area (Å²) in [4.78, 5) is 12.6. The van der Waals surface area contributed by atoms with Crippen molar-refractivity contribution in [3.8, 4) is 11.1 Å². The van der Waals surface area contributed by atoms with Gasteiger partial charge < -0.3 is 9.73 Å². The third kappa shape index (κ3) is 3.72. The summed E-state index contributed by atoms with van der Waals surface area (Å²) < 4.78 is 33.5. The minimum atomic E-state index is -4.11. The molecule has 0 aliphatic rings. The Bertz CT molecular complexity index is 1290. The van der Waals surface area contributed by atoms with Crippen LogP contribution in [0, 0.1) is 0 Å². The Morgan fingerprint density at radius 1 is 0.897 bits per heavy atom. The second kappa shape index (κ2) is 7.44. The molecule has 1 aromatic heterocycles. The fourth-order valence-corrected chi connectivity index (χ4v) is 4.27. The molecule has 2 N–H and O–H groups in total. The summed E-state index contributed by atoms with van der Waals surface area (Å²) in [7, 11) is -2.34. The van der Waals surface area contributed by atoms with E-state index in [1.165, 1.54) is 12.1 Å². The number of hydrogen-bond donors (Lipinski definition) is 2. The van der Waals surface area contributed by atoms with Gasteiger partial charge in [0.05, 0.1) is 4.90 Å². The number of fused-ring (bicyclic) bond motifs is 1. The van der Waals surface area contributed by atoms with Crippen LogP contribution in [0.25, 0.3) is 22.1 Å². The van der Waals surface area contributed by atoms with Crippen molar-refractivity contribution in [3.05, 3.63) is 84.6 Å². The predicted molar refractivity (Wildman–Crippen MR) is 112 cm³/mol. The summed E-state index contributed by atoms with van der Waals surface area (Å²) in [5.41, 5.74) is 2.56. The number of furan rings is 1. The Kier molecular flexibility index (Phi) is 4.82. The van der Waals surface area contributed by atoms with Gasteiger partial charge >= 0.3 is 5.91 Å². The lowest BCUT2D eigenvalue weighted by Crippen LogP contribution is -2.30. The van der Waals surface area contributed by atoms with Gasteiger partial charge in [0.1, 0.15) is 5.58 Å². The smallest absolute Gasteiger partial charge is 0.300 e. The first-order chi connectivity index (χ1) is 14.0. The average Bonchev–Trinajstić information content (AvgIpc) is 3.17. The molecule has 4 aromatic rings. The first-order valence-electron chi connectivity index (χ1n) is 8.91. The molecule has 3 aromatic carbocycles. The highest BCUT2D eigenvalue weighted by atomic mass is 32.2. The molecule has 146 valence electrons. The molecule has 7 heteroatoms. The van der Waals surface area contributed by atoms with Crippen molar-refractivity contribution in [2.45, 2.75) is 4.90 Å². The number of amides is 1. The quantitative estimate of drug-likeness (QED) is 0.517. The Morgan fingerprint density at radius 2 is 1.62 bits per heavy atom. The Hall–Kier alpha value is -3.58. The predicted octanol–water partition coefficient (Wildman–Crippen LogP) is 4.26. The number of hydrogen-bond acceptors (Lipinski definition) is 5. The molecule has 29 heavy (non-hydrogen) atoms. The van der Waals surface area contributed by atoms with Crippen molar-refractivity contribution in [3.63, 3.8) is 0 Å². The molecule has 6 nitrogen and oxygen atoms in total. The molecule has 1 amide bonds. The van der Waals surface area contributed by atoms with Crippen LogP contribution in [-0.4, -0.2) is 21.4 Å². The van der Waals surface area contributed by atoms with Gasteiger partial charge in [-0.3, -0.25) is 4.79 Å². The van der Waals surface area contributed by atoms with Gasteiger partial charge in [-0.25, -0.2) is 13.1 Å². The summed E-state index contributed by atoms with van der Waals surface area (Å²) >= 11 is 0. The number of carbonyl (C=O) groups is 1. The van der Waals surface area contributed by atoms with E-state index < -0.39 is 15.9 Å². The SMILES string of the molecule is CNc1ccc2cc(C(=O)NS(=O)(=O)c3ccccc3-c3ccccc3)oc2c1. The van der Waals surface area contributed by atoms with Crippen LogP contribution >= 0.6 is 0 Å². The van der Waals surface area contributed by atoms with Crippen molar-refractivity contribution >= 4 is 32.6 Å². The molecule has 0 unspecified atom stereocenters. The number of sulfonamides is 1. The lowest BCUT2D eigenvalue weighted by Gasteiger charge is -2.11. The minimum Gasteiger partial charge on any atom is -0.451 e. The summed E-state index contributed by atoms with van der Waals surface area (Å²) in [5.74, 6) is -0.899. The molecule has 0 saturated heterocycles. The minimum absolute atomic E-state index is 0.0214. The zero-order valence-corrected chi connectivity index (χ0v) is 16.4. The monoisotopic (exact) mass is 406 g/mol. The number of nitrogens with one attached hydrogen (secondary N) is 2. The zero-order valence-electron chi connectivity index (χ0n) is 15.5. The summed E-state index contributed by atoms with van der Waals surface area (Å²) in [6.45, 7) is 0. The fourth-order valence-electron chi connectivity index (χ4n) is 3.08. The van der Waals surface area contributed by atoms with Crippen LogP contribution in [0.3, 0.4) is 0 Å². The van der Waals surface area contributed by atoms with E-state index in [1.807, 2.05) is 36.4 Å². The van der Waals surface area contributed by atoms with Gasteiger partial charge in [-0.05, 0) is 29.8 Å². The highest BCUT2D eigenvalue weighted by molar-refractivity contribution is 7.90. The van der Waals surface area contributed by atoms with Gasteiger partial charge in [-0.1, -0.05) is 48.5 Å². The average molecular weight is 406 g/mol. The van der Waals surface area contributed by atoms with Crippen molar-refractivity contribution < 1.29 is 17.6 Å². The standard InChI is InChI=1S/C22H18N2O4S/c1-23-17-12-11-16-13-20(28-19(16)14-17)22(25)24-29(26,27)21-10-6-5-9-18(21)15-7-3-2-4-8-15/h2-14,23H,1H3,(H,24,25). The molecular weight excluding hydrogens is 388 g/mol. The van der Waals surface area contributed by atoms with Crippen LogP contribution in [0.5, 0.6) is 0 Å². The number of carbonyl (C=O) groups excluding carboxylic acids is 1. The fraction of sp³-hybridized carbons (Fsp3) is 0.0455. The lowest BCUT2D eigenvalue weighted by molar-refractivity contribution is 0.0956. The van der Waals surface area contributed by atoms with Gasteiger partial charge in [0.15, 0.2) is 5.76 Å². The lowest BCUT2D eigenvalue weighted by atomic mass is 10.1. The Morgan fingerprint density at radius 3 is 2.38 bits per heavy atom. The third-order valence-electron chi connectivity index (χ3n) is 4.52. The molecule has 0 fully saturated rings. The van der Waals surface area contributed by atoms with E-state index >= 15 is 0 Å². The topological polar surface area (TPSA) is 88.4 Å². The molecule has 0 saturated carbocycles. The first-order valence-corrected chi connectivity index (χ1v) is 10.4. The number of benzene rings is 3. The van der Waals surface area contributed by atoms with E-state index in [0.717, 1.165) is 11.3 Å². The van der Waals surface area contributed by atoms with E-state index in [0.29, 0.717) is 16.5 Å². The van der Waals surface area contributed by atoms with Crippen molar-refractivity contribution in [2.24, 2.45) is 0 Å². The van der Waals surface area contributed by atoms with E-state index in [4.69, 9.17) is 4.42 Å². The molecule has 0 bridgehead atoms. The normalized spacial score (nSPS) is 11.3. The summed E-state index contributed by atoms with van der Waals surface area (Å²) in [6, 6.07) is 22.6. The molecule has 0 spiro atoms. The molecule has 4 rings (SSSR count). The molecule has 0 radical (unpaired) electrons. The van der Waals surface area contributed by atoms with Crippen LogP contribution in [0.15, 0.2) is 88.2 Å². The highest BCUT2D eigenvalue weighted by Crippen LogP contribution is 2.28. The van der Waals surface area contributed by atoms with E-state index in [1.54, 1.807) is 37.4 Å². The van der Waals surface area contributed by atoms with Crippen molar-refractivity contribution in [2.75, 3.05) is 12.4 Å². The van der Waals surface area contributed by atoms with Gasteiger partial charge in [-0.15, -0.1) is 0 Å². The van der Waals surface area contributed by atoms with Gasteiger partial charge in [0, 0.05) is 29.8 Å². The van der Waals surface area contributed by atoms with Crippen LogP contribution in [0.2, 0.25) is 0 Å². The van der Waals surface area contributed by atoms with Gasteiger partial charge in [0.25, 0.3) is 10.0 Å². The van der Waals surface area contributed by atoms with Gasteiger partial charge in [-0.2, -0.15) is 0 Å². The third-order valence-corrected chi connectivity index (χ3v) is 5.91. The van der Waals surface area contributed by atoms with Crippen LogP contribution in [0.4, 0.5) is 5.69 Å². The number of anilines is 1. The molecule has 1 heterocycles. The van der Waals surface area contributed by atoms with Gasteiger partial charge in [0.2, 0.25) is 0 Å². The largest absolute Gasteiger partial charge is 0.451 e. The first kappa shape index (κ1) is 18.8. The van der Waals surface area contributed by atoms with Crippen LogP contribution in [0.1, 0.15) is 10.6 Å². The Labute approximate surface area is 168 Å². The molecule has 0 aliphatic carbocycles. The van der Waals surface area contributed by atoms with E-state index in [2.05, 4.69) is 10.0 Å². The maximum atomic E-state index is 12.9. The molecule has 0 aliphatic heterocycles. The maximum absolute atomic E-state index is 12.9. The summed E-state index contributed by atoms with van der Waals surface area (Å²) in [6.07, 6.45) is 0. The van der Waals surface area contributed by atoms with E-state index in [-0.39, 0.29) is 10.7 Å². The zero-order chi connectivity index (χ0) is 20.4.